The van der Waals surface area contributed by atoms with Gasteiger partial charge in [-0.1, -0.05) is 23.7 Å². The number of para-hydroxylation sites is 1. The van der Waals surface area contributed by atoms with Crippen LogP contribution in [0.3, 0.4) is 0 Å². The highest BCUT2D eigenvalue weighted by Gasteiger charge is 2.41. The largest absolute Gasteiger partial charge is 0.507 e. The van der Waals surface area contributed by atoms with Crippen LogP contribution >= 0.6 is 11.6 Å². The highest BCUT2D eigenvalue weighted by Crippen LogP contribution is 2.40. The molecule has 2 atom stereocenters. The van der Waals surface area contributed by atoms with Crippen LogP contribution in [0.5, 0.6) is 17.2 Å². The van der Waals surface area contributed by atoms with E-state index in [0.29, 0.717) is 13.1 Å². The first kappa shape index (κ1) is 23.4. The fraction of sp³-hybridized carbons (Fsp3) is 0.348. The number of phenols is 1. The van der Waals surface area contributed by atoms with Crippen LogP contribution in [-0.4, -0.2) is 30.4 Å². The second-order valence-electron chi connectivity index (χ2n) is 8.15. The fourth-order valence-electron chi connectivity index (χ4n) is 4.16. The molecule has 176 valence electrons. The van der Waals surface area contributed by atoms with Gasteiger partial charge < -0.3 is 23.9 Å². The molecule has 2 aromatic carbocycles. The number of quaternary nitrogens is 1. The lowest BCUT2D eigenvalue weighted by atomic mass is 10.1. The van der Waals surface area contributed by atoms with E-state index in [9.17, 15) is 23.1 Å². The van der Waals surface area contributed by atoms with Crippen molar-refractivity contribution in [1.82, 2.24) is 0 Å². The molecule has 6 nitrogen and oxygen atoms in total. The van der Waals surface area contributed by atoms with Gasteiger partial charge in [-0.15, -0.1) is 0 Å². The summed E-state index contributed by atoms with van der Waals surface area (Å²) in [4.78, 5) is 14.1. The maximum Gasteiger partial charge on any atom is 0.453 e. The molecule has 0 unspecified atom stereocenters. The SMILES string of the molecule is C[C@H]1C[NH+](Cc2c(O)ccc3c(=O)c(Oc4ccccc4Cl)c(C(F)(F)F)oc23)C[C@H](C)O1. The van der Waals surface area contributed by atoms with Gasteiger partial charge in [0.2, 0.25) is 11.2 Å². The molecule has 10 heteroatoms. The van der Waals surface area contributed by atoms with Crippen LogP contribution in [0.25, 0.3) is 11.0 Å². The number of hydrogen-bond acceptors (Lipinski definition) is 5. The Labute approximate surface area is 192 Å². The van der Waals surface area contributed by atoms with Crippen LogP contribution in [0.1, 0.15) is 25.2 Å². The first-order chi connectivity index (χ1) is 15.5. The van der Waals surface area contributed by atoms with Gasteiger partial charge >= 0.3 is 6.18 Å². The van der Waals surface area contributed by atoms with Gasteiger partial charge in [-0.05, 0) is 38.1 Å². The maximum atomic E-state index is 13.9. The molecule has 1 aromatic heterocycles. The number of nitrogens with one attached hydrogen (secondary N) is 1. The monoisotopic (exact) mass is 484 g/mol. The molecule has 0 saturated carbocycles. The minimum absolute atomic E-state index is 0.0377. The summed E-state index contributed by atoms with van der Waals surface area (Å²) in [5.41, 5.74) is -1.21. The summed E-state index contributed by atoms with van der Waals surface area (Å²) < 4.78 is 58.0. The number of ether oxygens (including phenoxy) is 2. The second-order valence-corrected chi connectivity index (χ2v) is 8.56. The Bertz CT molecular complexity index is 1230. The second kappa shape index (κ2) is 8.89. The number of hydrogen-bond donors (Lipinski definition) is 2. The zero-order chi connectivity index (χ0) is 23.9. The van der Waals surface area contributed by atoms with Crippen molar-refractivity contribution in [2.75, 3.05) is 13.1 Å². The van der Waals surface area contributed by atoms with Crippen LogP contribution in [0, 0.1) is 0 Å². The summed E-state index contributed by atoms with van der Waals surface area (Å²) in [5.74, 6) is -2.97. The van der Waals surface area contributed by atoms with Crippen LogP contribution in [0.15, 0.2) is 45.6 Å². The molecule has 33 heavy (non-hydrogen) atoms. The number of aromatic hydroxyl groups is 1. The van der Waals surface area contributed by atoms with E-state index in [2.05, 4.69) is 0 Å². The number of morpholine rings is 1. The maximum absolute atomic E-state index is 13.9. The molecule has 4 rings (SSSR count). The lowest BCUT2D eigenvalue weighted by Gasteiger charge is -2.32. The summed E-state index contributed by atoms with van der Waals surface area (Å²) in [6.07, 6.45) is -5.15. The Kier molecular flexibility index (Phi) is 6.30. The Morgan fingerprint density at radius 1 is 1.15 bits per heavy atom. The van der Waals surface area contributed by atoms with Crippen LogP contribution in [0.4, 0.5) is 13.2 Å². The number of benzene rings is 2. The van der Waals surface area contributed by atoms with Gasteiger partial charge in [0, 0.05) is 0 Å². The summed E-state index contributed by atoms with van der Waals surface area (Å²) >= 11 is 6.00. The van der Waals surface area contributed by atoms with Crippen molar-refractivity contribution in [3.05, 3.63) is 63.0 Å². The molecular formula is C23H22ClF3NO5+. The Morgan fingerprint density at radius 2 is 1.82 bits per heavy atom. The molecule has 1 aliphatic heterocycles. The minimum Gasteiger partial charge on any atom is -0.507 e. The van der Waals surface area contributed by atoms with Crippen molar-refractivity contribution in [2.45, 2.75) is 38.8 Å². The normalized spacial score (nSPS) is 21.3. The number of rotatable bonds is 4. The average molecular weight is 485 g/mol. The highest BCUT2D eigenvalue weighted by molar-refractivity contribution is 6.32. The van der Waals surface area contributed by atoms with Crippen LogP contribution in [0.2, 0.25) is 5.02 Å². The van der Waals surface area contributed by atoms with Gasteiger partial charge in [0.25, 0.3) is 5.76 Å². The molecule has 0 bridgehead atoms. The molecular weight excluding hydrogens is 463 g/mol. The van der Waals surface area contributed by atoms with Gasteiger partial charge in [-0.2, -0.15) is 13.2 Å². The molecule has 1 saturated heterocycles. The molecule has 0 radical (unpaired) electrons. The summed E-state index contributed by atoms with van der Waals surface area (Å²) in [6.45, 7) is 5.14. The van der Waals surface area contributed by atoms with Crippen LogP contribution < -0.4 is 15.1 Å². The first-order valence-corrected chi connectivity index (χ1v) is 10.7. The molecule has 0 amide bonds. The van der Waals surface area contributed by atoms with Crippen molar-refractivity contribution in [3.63, 3.8) is 0 Å². The third-order valence-corrected chi connectivity index (χ3v) is 5.76. The predicted molar refractivity (Wildman–Crippen MR) is 115 cm³/mol. The Hall–Kier alpha value is -2.75. The summed E-state index contributed by atoms with van der Waals surface area (Å²) in [7, 11) is 0. The smallest absolute Gasteiger partial charge is 0.453 e. The summed E-state index contributed by atoms with van der Waals surface area (Å²) in [6, 6.07) is 8.36. The van der Waals surface area contributed by atoms with E-state index in [1.807, 2.05) is 13.8 Å². The van der Waals surface area contributed by atoms with Gasteiger partial charge in [-0.25, -0.2) is 0 Å². The van der Waals surface area contributed by atoms with E-state index in [4.69, 9.17) is 25.5 Å². The van der Waals surface area contributed by atoms with E-state index in [0.717, 1.165) is 4.90 Å². The molecule has 1 fully saturated rings. The lowest BCUT2D eigenvalue weighted by Crippen LogP contribution is -3.14. The van der Waals surface area contributed by atoms with Gasteiger partial charge in [-0.3, -0.25) is 4.79 Å². The van der Waals surface area contributed by atoms with E-state index in [1.54, 1.807) is 6.07 Å². The quantitative estimate of drug-likeness (QED) is 0.582. The molecule has 2 heterocycles. The molecule has 3 aromatic rings. The van der Waals surface area contributed by atoms with Crippen molar-refractivity contribution in [1.29, 1.82) is 0 Å². The van der Waals surface area contributed by atoms with E-state index in [-0.39, 0.29) is 51.8 Å². The van der Waals surface area contributed by atoms with Crippen LogP contribution in [-0.2, 0) is 17.5 Å². The Morgan fingerprint density at radius 3 is 2.45 bits per heavy atom. The molecule has 2 N–H and O–H groups in total. The average Bonchev–Trinajstić information content (AvgIpc) is 2.72. The zero-order valence-corrected chi connectivity index (χ0v) is 18.6. The number of halogens is 4. The third-order valence-electron chi connectivity index (χ3n) is 5.45. The van der Waals surface area contributed by atoms with Crippen molar-refractivity contribution in [3.8, 4) is 17.2 Å². The van der Waals surface area contributed by atoms with E-state index in [1.165, 1.54) is 30.3 Å². The van der Waals surface area contributed by atoms with Gasteiger partial charge in [0.15, 0.2) is 5.58 Å². The fourth-order valence-corrected chi connectivity index (χ4v) is 4.33. The minimum atomic E-state index is -5.03. The third kappa shape index (κ3) is 4.80. The Balaban J connectivity index is 1.87. The molecule has 0 aliphatic carbocycles. The number of fused-ring (bicyclic) bond motifs is 1. The topological polar surface area (TPSA) is 73.3 Å². The van der Waals surface area contributed by atoms with E-state index < -0.39 is 23.1 Å². The summed E-state index contributed by atoms with van der Waals surface area (Å²) in [5, 5.41) is 10.4. The highest BCUT2D eigenvalue weighted by atomic mass is 35.5. The van der Waals surface area contributed by atoms with Gasteiger partial charge in [0.05, 0.1) is 16.0 Å². The van der Waals surface area contributed by atoms with Crippen molar-refractivity contribution >= 4 is 22.6 Å². The van der Waals surface area contributed by atoms with Crippen molar-refractivity contribution in [2.24, 2.45) is 0 Å². The van der Waals surface area contributed by atoms with Gasteiger partial charge in [0.1, 0.15) is 43.3 Å². The van der Waals surface area contributed by atoms with Crippen molar-refractivity contribution < 1.29 is 37.1 Å². The first-order valence-electron chi connectivity index (χ1n) is 10.3. The lowest BCUT2D eigenvalue weighted by molar-refractivity contribution is -0.928. The van der Waals surface area contributed by atoms with E-state index >= 15 is 0 Å². The molecule has 1 aliphatic rings. The predicted octanol–water partition coefficient (Wildman–Crippen LogP) is 4.16. The number of phenolic OH excluding ortho intramolecular Hbond substituents is 1. The standard InChI is InChI=1S/C23H21ClF3NO5/c1-12-9-28(10-13(2)31-12)11-15-17(29)8-7-14-19(30)21(22(23(25,26)27)33-20(14)15)32-18-6-4-3-5-16(18)24/h3-8,12-13,29H,9-11H2,1-2H3/p+1/t12-,13-/m0/s1. The molecule has 0 spiro atoms. The zero-order valence-electron chi connectivity index (χ0n) is 17.8. The number of alkyl halides is 3.